The fourth-order valence-electron chi connectivity index (χ4n) is 2.72. The lowest BCUT2D eigenvalue weighted by Gasteiger charge is -2.02. The van der Waals surface area contributed by atoms with Gasteiger partial charge in [0.1, 0.15) is 0 Å². The van der Waals surface area contributed by atoms with E-state index in [1.165, 1.54) is 16.0 Å². The molecule has 3 rings (SSSR count). The van der Waals surface area contributed by atoms with E-state index in [1.807, 2.05) is 25.1 Å². The van der Waals surface area contributed by atoms with Crippen molar-refractivity contribution in [3.63, 3.8) is 0 Å². The minimum atomic E-state index is -0.683. The van der Waals surface area contributed by atoms with Crippen molar-refractivity contribution < 1.29 is 14.7 Å². The molecule has 1 heterocycles. The Kier molecular flexibility index (Phi) is 4.59. The van der Waals surface area contributed by atoms with Crippen molar-refractivity contribution in [3.8, 4) is 6.07 Å². The van der Waals surface area contributed by atoms with Crippen LogP contribution in [0.5, 0.6) is 0 Å². The molecule has 1 N–H and O–H groups in total. The van der Waals surface area contributed by atoms with Crippen LogP contribution in [-0.4, -0.2) is 34.5 Å². The van der Waals surface area contributed by atoms with Crippen molar-refractivity contribution in [2.24, 2.45) is 5.92 Å². The number of aliphatic carboxylic acids is 1. The number of nitrogens with zero attached hydrogens (tertiary/aromatic N) is 2. The predicted octanol–water partition coefficient (Wildman–Crippen LogP) is 1.62. The van der Waals surface area contributed by atoms with Crippen LogP contribution in [-0.2, 0) is 22.4 Å². The first kappa shape index (κ1) is 15.0. The fraction of sp³-hybridized carbons (Fsp3) is 0.438. The van der Waals surface area contributed by atoms with Crippen molar-refractivity contribution in [2.45, 2.75) is 32.2 Å². The molecule has 1 aliphatic carbocycles. The number of carboxylic acids is 1. The average Bonchev–Trinajstić information content (AvgIpc) is 2.90. The van der Waals surface area contributed by atoms with Gasteiger partial charge in [0.25, 0.3) is 5.91 Å². The van der Waals surface area contributed by atoms with Crippen LogP contribution in [0.1, 0.15) is 24.5 Å². The highest BCUT2D eigenvalue weighted by Crippen LogP contribution is 2.28. The quantitative estimate of drug-likeness (QED) is 0.856. The summed E-state index contributed by atoms with van der Waals surface area (Å²) >= 11 is 0. The molecule has 1 aromatic rings. The van der Waals surface area contributed by atoms with Crippen LogP contribution in [0.15, 0.2) is 24.3 Å². The summed E-state index contributed by atoms with van der Waals surface area (Å²) in [4.78, 5) is 22.4. The highest BCUT2D eigenvalue weighted by Gasteiger charge is 2.44. The molecule has 0 aromatic heterocycles. The number of hydrogen-bond donors (Lipinski definition) is 1. The molecule has 5 nitrogen and oxygen atoms in total. The molecule has 1 amide bonds. The number of carboxylic acid groups (broad SMARTS) is 1. The van der Waals surface area contributed by atoms with Gasteiger partial charge in [0.15, 0.2) is 6.04 Å². The molecule has 1 unspecified atom stereocenters. The Balaban J connectivity index is 0.000000173. The van der Waals surface area contributed by atoms with E-state index < -0.39 is 12.0 Å². The third-order valence-electron chi connectivity index (χ3n) is 3.82. The maximum atomic E-state index is 10.5. The van der Waals surface area contributed by atoms with Crippen LogP contribution >= 0.6 is 0 Å². The Morgan fingerprint density at radius 2 is 1.95 bits per heavy atom. The summed E-state index contributed by atoms with van der Waals surface area (Å²) in [6.45, 7) is 2.52. The van der Waals surface area contributed by atoms with Crippen molar-refractivity contribution in [1.82, 2.24) is 4.90 Å². The van der Waals surface area contributed by atoms with Crippen molar-refractivity contribution >= 4 is 11.9 Å². The van der Waals surface area contributed by atoms with Crippen LogP contribution in [0.4, 0.5) is 0 Å². The fourth-order valence-corrected chi connectivity index (χ4v) is 2.72. The number of carbonyl (C=O) groups excluding carboxylic acids is 1. The van der Waals surface area contributed by atoms with Gasteiger partial charge in [-0.25, -0.2) is 0 Å². The Morgan fingerprint density at radius 1 is 1.38 bits per heavy atom. The van der Waals surface area contributed by atoms with E-state index >= 15 is 0 Å². The summed E-state index contributed by atoms with van der Waals surface area (Å²) in [6.07, 6.45) is 2.17. The third-order valence-corrected chi connectivity index (χ3v) is 3.82. The second-order valence-electron chi connectivity index (χ2n) is 5.30. The molecule has 0 saturated carbocycles. The molecular formula is C16H18N2O3. The number of rotatable bonds is 3. The second-order valence-corrected chi connectivity index (χ2v) is 5.30. The zero-order valence-corrected chi connectivity index (χ0v) is 12.0. The molecule has 5 heteroatoms. The summed E-state index contributed by atoms with van der Waals surface area (Å²) in [5.74, 6) is -0.400. The van der Waals surface area contributed by atoms with Gasteiger partial charge in [0, 0.05) is 13.0 Å². The van der Waals surface area contributed by atoms with Crippen LogP contribution in [0.2, 0.25) is 0 Å². The summed E-state index contributed by atoms with van der Waals surface area (Å²) in [7, 11) is 0. The first-order valence-electron chi connectivity index (χ1n) is 7.05. The third kappa shape index (κ3) is 3.60. The molecule has 1 saturated heterocycles. The highest BCUT2D eigenvalue weighted by molar-refractivity contribution is 5.99. The molecule has 1 atom stereocenters. The molecular weight excluding hydrogens is 268 g/mol. The zero-order valence-electron chi connectivity index (χ0n) is 12.0. The second kappa shape index (κ2) is 6.40. The molecule has 2 aliphatic rings. The Labute approximate surface area is 123 Å². The standard InChI is InChI=1S/C11H12O2.C5H6N2O/c12-11(13)7-8-5-9-3-1-2-4-10(9)6-8;1-2-7-4(3-6)5(7)8/h1-4,8H,5-7H2,(H,12,13);4H,2H2,1H3. The zero-order chi connectivity index (χ0) is 15.4. The molecule has 0 radical (unpaired) electrons. The average molecular weight is 286 g/mol. The van der Waals surface area contributed by atoms with E-state index in [1.54, 1.807) is 0 Å². The van der Waals surface area contributed by atoms with E-state index in [9.17, 15) is 9.59 Å². The minimum Gasteiger partial charge on any atom is -0.481 e. The van der Waals surface area contributed by atoms with E-state index in [4.69, 9.17) is 10.4 Å². The van der Waals surface area contributed by atoms with E-state index in [0.29, 0.717) is 18.9 Å². The molecule has 0 spiro atoms. The minimum absolute atomic E-state index is 0.0324. The van der Waals surface area contributed by atoms with Gasteiger partial charge in [-0.05, 0) is 36.8 Å². The van der Waals surface area contributed by atoms with Crippen LogP contribution in [0, 0.1) is 17.2 Å². The monoisotopic (exact) mass is 286 g/mol. The first-order chi connectivity index (χ1) is 10.1. The van der Waals surface area contributed by atoms with E-state index in [2.05, 4.69) is 12.1 Å². The van der Waals surface area contributed by atoms with Gasteiger partial charge in [0.05, 0.1) is 6.07 Å². The molecule has 1 fully saturated rings. The lowest BCUT2D eigenvalue weighted by molar-refractivity contribution is -0.138. The predicted molar refractivity (Wildman–Crippen MR) is 76.4 cm³/mol. The van der Waals surface area contributed by atoms with Gasteiger partial charge in [-0.15, -0.1) is 0 Å². The van der Waals surface area contributed by atoms with Crippen molar-refractivity contribution in [2.75, 3.05) is 6.54 Å². The largest absolute Gasteiger partial charge is 0.481 e. The van der Waals surface area contributed by atoms with Gasteiger partial charge >= 0.3 is 5.97 Å². The topological polar surface area (TPSA) is 81.2 Å². The number of likely N-dealkylation sites (N-methyl/N-ethyl adjacent to an activating group) is 1. The summed E-state index contributed by atoms with van der Waals surface area (Å²) in [5.41, 5.74) is 2.66. The van der Waals surface area contributed by atoms with E-state index in [-0.39, 0.29) is 5.91 Å². The van der Waals surface area contributed by atoms with Gasteiger partial charge in [-0.3, -0.25) is 9.59 Å². The maximum Gasteiger partial charge on any atom is 0.303 e. The normalized spacial score (nSPS) is 19.3. The molecule has 1 aliphatic heterocycles. The maximum absolute atomic E-state index is 10.5. The van der Waals surface area contributed by atoms with E-state index in [0.717, 1.165) is 12.8 Å². The number of fused-ring (bicyclic) bond motifs is 1. The van der Waals surface area contributed by atoms with Gasteiger partial charge < -0.3 is 10.0 Å². The number of hydrogen-bond acceptors (Lipinski definition) is 3. The number of benzene rings is 1. The summed E-state index contributed by atoms with van der Waals surface area (Å²) < 4.78 is 0. The Bertz CT molecular complexity index is 566. The van der Waals surface area contributed by atoms with Crippen LogP contribution in [0.25, 0.3) is 0 Å². The van der Waals surface area contributed by atoms with Crippen molar-refractivity contribution in [3.05, 3.63) is 35.4 Å². The lowest BCUT2D eigenvalue weighted by Crippen LogP contribution is -2.07. The SMILES string of the molecule is CCN1C(=O)C1C#N.O=C(O)CC1Cc2ccccc2C1. The molecule has 21 heavy (non-hydrogen) atoms. The summed E-state index contributed by atoms with van der Waals surface area (Å²) in [5, 5.41) is 16.8. The molecule has 110 valence electrons. The number of amides is 1. The molecule has 0 bridgehead atoms. The van der Waals surface area contributed by atoms with Crippen LogP contribution < -0.4 is 0 Å². The Hall–Kier alpha value is -2.35. The van der Waals surface area contributed by atoms with Crippen LogP contribution in [0.3, 0.4) is 0 Å². The highest BCUT2D eigenvalue weighted by atomic mass is 16.4. The van der Waals surface area contributed by atoms with Gasteiger partial charge in [-0.1, -0.05) is 24.3 Å². The van der Waals surface area contributed by atoms with Crippen molar-refractivity contribution in [1.29, 1.82) is 5.26 Å². The lowest BCUT2D eigenvalue weighted by atomic mass is 10.0. The smallest absolute Gasteiger partial charge is 0.303 e. The Morgan fingerprint density at radius 3 is 2.29 bits per heavy atom. The number of nitriles is 1. The summed E-state index contributed by atoms with van der Waals surface area (Å²) in [6, 6.07) is 9.67. The van der Waals surface area contributed by atoms with Gasteiger partial charge in [0.2, 0.25) is 0 Å². The molecule has 1 aromatic carbocycles. The first-order valence-corrected chi connectivity index (χ1v) is 7.05. The van der Waals surface area contributed by atoms with Gasteiger partial charge in [-0.2, -0.15) is 5.26 Å². The number of carbonyl (C=O) groups is 2.